The number of rotatable bonds is 1. The topological polar surface area (TPSA) is 43.3 Å². The molecular weight excluding hydrogens is 265 g/mol. The van der Waals surface area contributed by atoms with Gasteiger partial charge in [-0.05, 0) is 40.3 Å². The van der Waals surface area contributed by atoms with E-state index in [1.54, 1.807) is 0 Å². The third-order valence-corrected chi connectivity index (χ3v) is 2.57. The summed E-state index contributed by atoms with van der Waals surface area (Å²) in [4.78, 5) is 4.23. The highest BCUT2D eigenvalue weighted by atomic mass is 127. The molecule has 0 radical (unpaired) electrons. The molecule has 2 aromatic rings. The van der Waals surface area contributed by atoms with E-state index in [4.69, 9.17) is 5.73 Å². The maximum Gasteiger partial charge on any atom is 0.137 e. The highest BCUT2D eigenvalue weighted by molar-refractivity contribution is 14.1. The second kappa shape index (κ2) is 3.02. The summed E-state index contributed by atoms with van der Waals surface area (Å²) >= 11 is 2.25. The van der Waals surface area contributed by atoms with E-state index >= 15 is 0 Å². The Labute approximate surface area is 83.7 Å². The first-order valence-corrected chi connectivity index (χ1v) is 4.70. The van der Waals surface area contributed by atoms with E-state index < -0.39 is 0 Å². The van der Waals surface area contributed by atoms with Crippen molar-refractivity contribution in [1.82, 2.24) is 9.38 Å². The van der Waals surface area contributed by atoms with Crippen molar-refractivity contribution in [1.29, 1.82) is 0 Å². The fourth-order valence-corrected chi connectivity index (χ4v) is 1.67. The summed E-state index contributed by atoms with van der Waals surface area (Å²) in [6.45, 7) is 0.569. The van der Waals surface area contributed by atoms with Crippen LogP contribution < -0.4 is 5.73 Å². The van der Waals surface area contributed by atoms with Crippen molar-refractivity contribution in [2.45, 2.75) is 6.54 Å². The third kappa shape index (κ3) is 1.21. The van der Waals surface area contributed by atoms with Crippen molar-refractivity contribution in [3.63, 3.8) is 0 Å². The predicted molar refractivity (Wildman–Crippen MR) is 55.8 cm³/mol. The zero-order chi connectivity index (χ0) is 8.55. The molecule has 0 saturated carbocycles. The molecule has 0 spiro atoms. The molecule has 2 N–H and O–H groups in total. The first-order chi connectivity index (χ1) is 5.81. The molecule has 0 aliphatic rings. The van der Waals surface area contributed by atoms with E-state index in [1.807, 2.05) is 28.9 Å². The zero-order valence-electron chi connectivity index (χ0n) is 6.37. The highest BCUT2D eigenvalue weighted by Gasteiger charge is 1.99. The Morgan fingerprint density at radius 1 is 1.58 bits per heavy atom. The normalized spacial score (nSPS) is 10.8. The van der Waals surface area contributed by atoms with Crippen molar-refractivity contribution >= 4 is 28.2 Å². The number of hydrogen-bond acceptors (Lipinski definition) is 2. The molecule has 2 heterocycles. The predicted octanol–water partition coefficient (Wildman–Crippen LogP) is 1.40. The maximum atomic E-state index is 5.51. The molecule has 3 nitrogen and oxygen atoms in total. The Kier molecular flexibility index (Phi) is 2.02. The molecule has 2 rings (SSSR count). The Morgan fingerprint density at radius 2 is 2.42 bits per heavy atom. The van der Waals surface area contributed by atoms with Crippen LogP contribution in [0.4, 0.5) is 0 Å². The third-order valence-electron chi connectivity index (χ3n) is 1.77. The minimum absolute atomic E-state index is 0.569. The largest absolute Gasteiger partial charge is 0.326 e. The average molecular weight is 273 g/mol. The lowest BCUT2D eigenvalue weighted by molar-refractivity contribution is 1.04. The minimum Gasteiger partial charge on any atom is -0.326 e. The van der Waals surface area contributed by atoms with Crippen LogP contribution in [-0.2, 0) is 6.54 Å². The summed E-state index contributed by atoms with van der Waals surface area (Å²) in [6.07, 6.45) is 3.84. The van der Waals surface area contributed by atoms with Crippen LogP contribution in [0.15, 0.2) is 24.5 Å². The smallest absolute Gasteiger partial charge is 0.137 e. The van der Waals surface area contributed by atoms with Gasteiger partial charge in [0.15, 0.2) is 0 Å². The molecule has 2 aromatic heterocycles. The van der Waals surface area contributed by atoms with Crippen LogP contribution in [0, 0.1) is 3.70 Å². The molecule has 0 atom stereocenters. The van der Waals surface area contributed by atoms with Crippen molar-refractivity contribution in [2.75, 3.05) is 0 Å². The van der Waals surface area contributed by atoms with E-state index in [0.717, 1.165) is 14.9 Å². The molecule has 0 fully saturated rings. The van der Waals surface area contributed by atoms with Gasteiger partial charge in [0.2, 0.25) is 0 Å². The molecule has 0 saturated heterocycles. The average Bonchev–Trinajstić information content (AvgIpc) is 2.47. The number of imidazole rings is 1. The van der Waals surface area contributed by atoms with Gasteiger partial charge in [-0.1, -0.05) is 0 Å². The first kappa shape index (κ1) is 8.00. The number of nitrogens with two attached hydrogens (primary N) is 1. The lowest BCUT2D eigenvalue weighted by Gasteiger charge is -1.97. The van der Waals surface area contributed by atoms with Gasteiger partial charge in [0.25, 0.3) is 0 Å². The highest BCUT2D eigenvalue weighted by Crippen LogP contribution is 2.10. The molecule has 0 aliphatic carbocycles. The van der Waals surface area contributed by atoms with Gasteiger partial charge < -0.3 is 5.73 Å². The fraction of sp³-hybridized carbons (Fsp3) is 0.125. The van der Waals surface area contributed by atoms with Crippen LogP contribution in [0.3, 0.4) is 0 Å². The van der Waals surface area contributed by atoms with Gasteiger partial charge in [-0.2, -0.15) is 0 Å². The van der Waals surface area contributed by atoms with Gasteiger partial charge in [0.05, 0.1) is 6.20 Å². The quantitative estimate of drug-likeness (QED) is 0.798. The van der Waals surface area contributed by atoms with Crippen LogP contribution in [0.1, 0.15) is 5.56 Å². The lowest BCUT2D eigenvalue weighted by Crippen LogP contribution is -1.97. The number of fused-ring (bicyclic) bond motifs is 1. The van der Waals surface area contributed by atoms with E-state index in [9.17, 15) is 0 Å². The van der Waals surface area contributed by atoms with E-state index in [2.05, 4.69) is 27.6 Å². The van der Waals surface area contributed by atoms with E-state index in [1.165, 1.54) is 0 Å². The second-order valence-corrected chi connectivity index (χ2v) is 3.65. The van der Waals surface area contributed by atoms with Crippen LogP contribution >= 0.6 is 22.6 Å². The van der Waals surface area contributed by atoms with Crippen molar-refractivity contribution in [2.24, 2.45) is 5.73 Å². The van der Waals surface area contributed by atoms with Gasteiger partial charge in [-0.25, -0.2) is 4.98 Å². The van der Waals surface area contributed by atoms with Crippen LogP contribution in [0.25, 0.3) is 5.65 Å². The molecule has 4 heteroatoms. The molecule has 0 aliphatic heterocycles. The number of pyridine rings is 1. The summed E-state index contributed by atoms with van der Waals surface area (Å²) in [6, 6.07) is 4.01. The maximum absolute atomic E-state index is 5.51. The second-order valence-electron chi connectivity index (χ2n) is 2.55. The zero-order valence-corrected chi connectivity index (χ0v) is 8.52. The van der Waals surface area contributed by atoms with E-state index in [0.29, 0.717) is 6.54 Å². The number of halogens is 1. The molecule has 12 heavy (non-hydrogen) atoms. The van der Waals surface area contributed by atoms with Gasteiger partial charge in [0, 0.05) is 12.7 Å². The summed E-state index contributed by atoms with van der Waals surface area (Å²) in [5, 5.41) is 0. The molecule has 62 valence electrons. The van der Waals surface area contributed by atoms with Crippen molar-refractivity contribution in [3.8, 4) is 0 Å². The Balaban J connectivity index is 2.69. The van der Waals surface area contributed by atoms with Gasteiger partial charge in [-0.3, -0.25) is 4.40 Å². The van der Waals surface area contributed by atoms with Crippen LogP contribution in [0.5, 0.6) is 0 Å². The van der Waals surface area contributed by atoms with Gasteiger partial charge >= 0.3 is 0 Å². The van der Waals surface area contributed by atoms with E-state index in [-0.39, 0.29) is 0 Å². The molecular formula is C8H8IN3. The van der Waals surface area contributed by atoms with Gasteiger partial charge in [-0.15, -0.1) is 0 Å². The Bertz CT molecular complexity index is 408. The SMILES string of the molecule is NCc1ccn2c(I)cnc2c1. The summed E-state index contributed by atoms with van der Waals surface area (Å²) in [5.41, 5.74) is 7.58. The Morgan fingerprint density at radius 3 is 3.17 bits per heavy atom. The number of aromatic nitrogens is 2. The van der Waals surface area contributed by atoms with Crippen molar-refractivity contribution < 1.29 is 0 Å². The molecule has 0 unspecified atom stereocenters. The summed E-state index contributed by atoms with van der Waals surface area (Å²) < 4.78 is 3.14. The molecule has 0 bridgehead atoms. The van der Waals surface area contributed by atoms with Crippen LogP contribution in [-0.4, -0.2) is 9.38 Å². The fourth-order valence-electron chi connectivity index (χ4n) is 1.12. The standard InChI is InChI=1S/C8H8IN3/c9-7-5-11-8-3-6(4-10)1-2-12(7)8/h1-3,5H,4,10H2. The first-order valence-electron chi connectivity index (χ1n) is 3.63. The summed E-state index contributed by atoms with van der Waals surface area (Å²) in [5.74, 6) is 0. The van der Waals surface area contributed by atoms with Crippen LogP contribution in [0.2, 0.25) is 0 Å². The number of nitrogens with zero attached hydrogens (tertiary/aromatic N) is 2. The molecule has 0 aromatic carbocycles. The monoisotopic (exact) mass is 273 g/mol. The summed E-state index contributed by atoms with van der Waals surface area (Å²) in [7, 11) is 0. The number of hydrogen-bond donors (Lipinski definition) is 1. The Hall–Kier alpha value is -0.620. The molecule has 0 amide bonds. The minimum atomic E-state index is 0.569. The van der Waals surface area contributed by atoms with Crippen molar-refractivity contribution in [3.05, 3.63) is 33.8 Å². The van der Waals surface area contributed by atoms with Gasteiger partial charge in [0.1, 0.15) is 9.35 Å². The lowest BCUT2D eigenvalue weighted by atomic mass is 10.3.